The van der Waals surface area contributed by atoms with Gasteiger partial charge in [0.25, 0.3) is 0 Å². The molecule has 0 saturated carbocycles. The molecule has 0 aromatic heterocycles. The Bertz CT molecular complexity index is 315. The molecule has 2 N–H and O–H groups in total. The van der Waals surface area contributed by atoms with Crippen LogP contribution in [0.4, 0.5) is 0 Å². The van der Waals surface area contributed by atoms with Crippen molar-refractivity contribution in [1.29, 1.82) is 0 Å². The number of rotatable bonds is 3. The van der Waals surface area contributed by atoms with Crippen molar-refractivity contribution in [2.75, 3.05) is 7.11 Å². The van der Waals surface area contributed by atoms with Gasteiger partial charge in [-0.1, -0.05) is 32.9 Å². The summed E-state index contributed by atoms with van der Waals surface area (Å²) < 4.78 is 5.18. The SMILES string of the molecule is COc1cccc([C@@H](N)CC(C)(C)C)c1. The van der Waals surface area contributed by atoms with Gasteiger partial charge in [0.2, 0.25) is 0 Å². The highest BCUT2D eigenvalue weighted by molar-refractivity contribution is 5.30. The van der Waals surface area contributed by atoms with E-state index in [1.54, 1.807) is 7.11 Å². The Morgan fingerprint density at radius 1 is 1.33 bits per heavy atom. The molecule has 1 rings (SSSR count). The van der Waals surface area contributed by atoms with E-state index in [1.807, 2.05) is 18.2 Å². The van der Waals surface area contributed by atoms with Crippen LogP contribution < -0.4 is 10.5 Å². The average Bonchev–Trinajstić information content (AvgIpc) is 2.15. The molecule has 0 bridgehead atoms. The average molecular weight is 207 g/mol. The fourth-order valence-corrected chi connectivity index (χ4v) is 1.65. The molecule has 0 aliphatic heterocycles. The smallest absolute Gasteiger partial charge is 0.119 e. The van der Waals surface area contributed by atoms with Gasteiger partial charge in [0, 0.05) is 6.04 Å². The van der Waals surface area contributed by atoms with Crippen molar-refractivity contribution < 1.29 is 4.74 Å². The van der Waals surface area contributed by atoms with Gasteiger partial charge < -0.3 is 10.5 Å². The molecular formula is C13H21NO. The number of hydrogen-bond acceptors (Lipinski definition) is 2. The van der Waals surface area contributed by atoms with Gasteiger partial charge in [-0.3, -0.25) is 0 Å². The second-order valence-electron chi connectivity index (χ2n) is 5.15. The second-order valence-corrected chi connectivity index (χ2v) is 5.15. The summed E-state index contributed by atoms with van der Waals surface area (Å²) in [6.07, 6.45) is 0.972. The van der Waals surface area contributed by atoms with Gasteiger partial charge in [0.05, 0.1) is 7.11 Å². The summed E-state index contributed by atoms with van der Waals surface area (Å²) in [6, 6.07) is 8.07. The summed E-state index contributed by atoms with van der Waals surface area (Å²) >= 11 is 0. The van der Waals surface area contributed by atoms with Crippen molar-refractivity contribution in [1.82, 2.24) is 0 Å². The molecule has 1 atom stereocenters. The van der Waals surface area contributed by atoms with Crippen molar-refractivity contribution in [2.45, 2.75) is 33.2 Å². The lowest BCUT2D eigenvalue weighted by Gasteiger charge is -2.23. The molecule has 1 aromatic rings. The highest BCUT2D eigenvalue weighted by Crippen LogP contribution is 2.28. The maximum Gasteiger partial charge on any atom is 0.119 e. The molecular weight excluding hydrogens is 186 g/mol. The summed E-state index contributed by atoms with van der Waals surface area (Å²) in [7, 11) is 1.67. The zero-order chi connectivity index (χ0) is 11.5. The van der Waals surface area contributed by atoms with Crippen LogP contribution in [0.5, 0.6) is 5.75 Å². The Morgan fingerprint density at radius 2 is 2.00 bits per heavy atom. The van der Waals surface area contributed by atoms with E-state index in [9.17, 15) is 0 Å². The fraction of sp³-hybridized carbons (Fsp3) is 0.538. The zero-order valence-corrected chi connectivity index (χ0v) is 10.1. The van der Waals surface area contributed by atoms with E-state index in [2.05, 4.69) is 26.8 Å². The van der Waals surface area contributed by atoms with E-state index in [4.69, 9.17) is 10.5 Å². The Hall–Kier alpha value is -1.02. The summed E-state index contributed by atoms with van der Waals surface area (Å²) in [5.74, 6) is 0.872. The number of ether oxygens (including phenoxy) is 1. The Kier molecular flexibility index (Phi) is 3.75. The lowest BCUT2D eigenvalue weighted by molar-refractivity contribution is 0.342. The number of hydrogen-bond donors (Lipinski definition) is 1. The van der Waals surface area contributed by atoms with Crippen molar-refractivity contribution >= 4 is 0 Å². The predicted octanol–water partition coefficient (Wildman–Crippen LogP) is 3.13. The molecule has 0 radical (unpaired) electrons. The Balaban J connectivity index is 2.77. The third kappa shape index (κ3) is 3.92. The van der Waals surface area contributed by atoms with Crippen molar-refractivity contribution in [3.8, 4) is 5.75 Å². The molecule has 2 heteroatoms. The fourth-order valence-electron chi connectivity index (χ4n) is 1.65. The van der Waals surface area contributed by atoms with Crippen LogP contribution in [-0.4, -0.2) is 7.11 Å². The number of methoxy groups -OCH3 is 1. The minimum Gasteiger partial charge on any atom is -0.497 e. The molecule has 0 unspecified atom stereocenters. The van der Waals surface area contributed by atoms with Crippen molar-refractivity contribution in [3.63, 3.8) is 0 Å². The first-order valence-corrected chi connectivity index (χ1v) is 5.32. The van der Waals surface area contributed by atoms with Crippen LogP contribution in [0, 0.1) is 5.41 Å². The molecule has 0 saturated heterocycles. The summed E-state index contributed by atoms with van der Waals surface area (Å²) in [5, 5.41) is 0. The van der Waals surface area contributed by atoms with E-state index in [-0.39, 0.29) is 11.5 Å². The van der Waals surface area contributed by atoms with Gasteiger partial charge in [-0.05, 0) is 29.5 Å². The third-order valence-corrected chi connectivity index (χ3v) is 2.35. The van der Waals surface area contributed by atoms with E-state index in [1.165, 1.54) is 0 Å². The maximum absolute atomic E-state index is 6.15. The molecule has 0 fully saturated rings. The first-order valence-electron chi connectivity index (χ1n) is 5.32. The second kappa shape index (κ2) is 4.67. The van der Waals surface area contributed by atoms with Crippen molar-refractivity contribution in [3.05, 3.63) is 29.8 Å². The van der Waals surface area contributed by atoms with Crippen LogP contribution in [-0.2, 0) is 0 Å². The minimum atomic E-state index is 0.0834. The van der Waals surface area contributed by atoms with Crippen LogP contribution >= 0.6 is 0 Å². The molecule has 15 heavy (non-hydrogen) atoms. The highest BCUT2D eigenvalue weighted by atomic mass is 16.5. The summed E-state index contributed by atoms with van der Waals surface area (Å²) in [4.78, 5) is 0. The van der Waals surface area contributed by atoms with E-state index < -0.39 is 0 Å². The van der Waals surface area contributed by atoms with Gasteiger partial charge in [-0.15, -0.1) is 0 Å². The molecule has 0 heterocycles. The minimum absolute atomic E-state index is 0.0834. The number of benzene rings is 1. The predicted molar refractivity (Wildman–Crippen MR) is 64.0 cm³/mol. The Labute approximate surface area is 92.4 Å². The van der Waals surface area contributed by atoms with Gasteiger partial charge in [0.1, 0.15) is 5.75 Å². The van der Waals surface area contributed by atoms with Crippen LogP contribution in [0.3, 0.4) is 0 Å². The van der Waals surface area contributed by atoms with Gasteiger partial charge in [-0.25, -0.2) is 0 Å². The normalized spacial score (nSPS) is 13.7. The molecule has 0 spiro atoms. The largest absolute Gasteiger partial charge is 0.497 e. The van der Waals surface area contributed by atoms with E-state index >= 15 is 0 Å². The van der Waals surface area contributed by atoms with Crippen LogP contribution in [0.2, 0.25) is 0 Å². The van der Waals surface area contributed by atoms with Gasteiger partial charge in [0.15, 0.2) is 0 Å². The monoisotopic (exact) mass is 207 g/mol. The summed E-state index contributed by atoms with van der Waals surface area (Å²) in [5.41, 5.74) is 7.54. The standard InChI is InChI=1S/C13H21NO/c1-13(2,3)9-12(14)10-6-5-7-11(8-10)15-4/h5-8,12H,9,14H2,1-4H3/t12-/m0/s1. The topological polar surface area (TPSA) is 35.2 Å². The molecule has 0 aliphatic carbocycles. The third-order valence-electron chi connectivity index (χ3n) is 2.35. The summed E-state index contributed by atoms with van der Waals surface area (Å²) in [6.45, 7) is 6.60. The molecule has 84 valence electrons. The van der Waals surface area contributed by atoms with Crippen LogP contribution in [0.15, 0.2) is 24.3 Å². The lowest BCUT2D eigenvalue weighted by Crippen LogP contribution is -2.18. The van der Waals surface area contributed by atoms with E-state index in [0.717, 1.165) is 17.7 Å². The highest BCUT2D eigenvalue weighted by Gasteiger charge is 2.17. The first-order chi connectivity index (χ1) is 6.92. The molecule has 0 aliphatic rings. The zero-order valence-electron chi connectivity index (χ0n) is 10.1. The van der Waals surface area contributed by atoms with Crippen LogP contribution in [0.1, 0.15) is 38.8 Å². The van der Waals surface area contributed by atoms with Gasteiger partial charge in [-0.2, -0.15) is 0 Å². The van der Waals surface area contributed by atoms with E-state index in [0.29, 0.717) is 0 Å². The first kappa shape index (κ1) is 12.1. The molecule has 1 aromatic carbocycles. The molecule has 0 amide bonds. The van der Waals surface area contributed by atoms with Crippen molar-refractivity contribution in [2.24, 2.45) is 11.1 Å². The Morgan fingerprint density at radius 3 is 2.53 bits per heavy atom. The van der Waals surface area contributed by atoms with Crippen LogP contribution in [0.25, 0.3) is 0 Å². The lowest BCUT2D eigenvalue weighted by atomic mass is 9.86. The molecule has 2 nitrogen and oxygen atoms in total. The van der Waals surface area contributed by atoms with Gasteiger partial charge >= 0.3 is 0 Å². The number of nitrogens with two attached hydrogens (primary N) is 1. The quantitative estimate of drug-likeness (QED) is 0.826. The maximum atomic E-state index is 6.15.